The number of carbonyl (C=O) groups excluding carboxylic acids is 1. The Morgan fingerprint density at radius 1 is 1.31 bits per heavy atom. The van der Waals surface area contributed by atoms with Crippen molar-refractivity contribution in [1.29, 1.82) is 0 Å². The maximum atomic E-state index is 12.5. The Morgan fingerprint density at radius 3 is 2.88 bits per heavy atom. The van der Waals surface area contributed by atoms with E-state index in [-0.39, 0.29) is 11.8 Å². The molecule has 1 fully saturated rings. The molecule has 2 aromatic heterocycles. The minimum absolute atomic E-state index is 0.195. The van der Waals surface area contributed by atoms with E-state index in [0.29, 0.717) is 18.9 Å². The smallest absolute Gasteiger partial charge is 0.222 e. The number of rotatable bonds is 5. The van der Waals surface area contributed by atoms with Crippen molar-refractivity contribution >= 4 is 17.5 Å². The number of nitrogens with one attached hydrogen (secondary N) is 1. The average Bonchev–Trinajstić information content (AvgIpc) is 2.62. The van der Waals surface area contributed by atoms with Crippen LogP contribution in [-0.2, 0) is 4.79 Å². The number of aromatic nitrogens is 3. The van der Waals surface area contributed by atoms with Crippen molar-refractivity contribution in [2.24, 2.45) is 5.92 Å². The zero-order valence-electron chi connectivity index (χ0n) is 15.8. The lowest BCUT2D eigenvalue weighted by Crippen LogP contribution is -2.39. The van der Waals surface area contributed by atoms with Crippen LogP contribution in [0.4, 0.5) is 11.6 Å². The number of pyridine rings is 1. The number of hydrogen-bond acceptors (Lipinski definition) is 5. The molecule has 2 aromatic rings. The van der Waals surface area contributed by atoms with Crippen molar-refractivity contribution in [3.05, 3.63) is 42.0 Å². The maximum absolute atomic E-state index is 12.5. The number of nitrogens with zero attached hydrogens (tertiary/aromatic N) is 4. The highest BCUT2D eigenvalue weighted by atomic mass is 16.2. The molecule has 6 nitrogen and oxygen atoms in total. The maximum Gasteiger partial charge on any atom is 0.222 e. The lowest BCUT2D eigenvalue weighted by Gasteiger charge is -2.33. The number of amides is 1. The minimum atomic E-state index is 0.195. The highest BCUT2D eigenvalue weighted by Crippen LogP contribution is 2.30. The van der Waals surface area contributed by atoms with Gasteiger partial charge in [-0.2, -0.15) is 0 Å². The summed E-state index contributed by atoms with van der Waals surface area (Å²) in [6, 6.07) is 5.85. The molecule has 1 amide bonds. The molecule has 0 aliphatic carbocycles. The summed E-state index contributed by atoms with van der Waals surface area (Å²) >= 11 is 0. The second kappa shape index (κ2) is 8.25. The van der Waals surface area contributed by atoms with E-state index in [1.54, 1.807) is 12.4 Å². The molecule has 0 saturated carbocycles. The number of carbonyl (C=O) groups is 1. The summed E-state index contributed by atoms with van der Waals surface area (Å²) in [5, 5.41) is 3.30. The fourth-order valence-electron chi connectivity index (χ4n) is 3.38. The molecule has 6 heteroatoms. The standard InChI is InChI=1S/C20H27N5O/c1-14(2)12-18(26)25-11-5-7-16(13-25)19-20(22-10-9-21-19)24-17-8-4-6-15(3)23-17/h4,6,8-10,14,16H,5,7,11-13H2,1-3H3,(H,22,23,24)/t16-/m0/s1. The molecule has 3 heterocycles. The molecule has 0 aromatic carbocycles. The van der Waals surface area contributed by atoms with E-state index < -0.39 is 0 Å². The van der Waals surface area contributed by atoms with Crippen LogP contribution in [0.5, 0.6) is 0 Å². The van der Waals surface area contributed by atoms with Crippen molar-refractivity contribution in [1.82, 2.24) is 19.9 Å². The number of likely N-dealkylation sites (tertiary alicyclic amines) is 1. The van der Waals surface area contributed by atoms with E-state index in [1.807, 2.05) is 30.0 Å². The molecular weight excluding hydrogens is 326 g/mol. The Labute approximate surface area is 155 Å². The third kappa shape index (κ3) is 4.56. The molecule has 26 heavy (non-hydrogen) atoms. The average molecular weight is 353 g/mol. The van der Waals surface area contributed by atoms with Crippen molar-refractivity contribution in [3.8, 4) is 0 Å². The van der Waals surface area contributed by atoms with Crippen molar-refractivity contribution in [3.63, 3.8) is 0 Å². The molecular formula is C20H27N5O. The van der Waals surface area contributed by atoms with Gasteiger partial charge in [-0.15, -0.1) is 0 Å². The van der Waals surface area contributed by atoms with Gasteiger partial charge in [-0.25, -0.2) is 9.97 Å². The number of piperidine rings is 1. The van der Waals surface area contributed by atoms with Gasteiger partial charge in [0.1, 0.15) is 5.82 Å². The van der Waals surface area contributed by atoms with Gasteiger partial charge >= 0.3 is 0 Å². The van der Waals surface area contributed by atoms with E-state index >= 15 is 0 Å². The largest absolute Gasteiger partial charge is 0.342 e. The third-order valence-corrected chi connectivity index (χ3v) is 4.61. The van der Waals surface area contributed by atoms with Gasteiger partial charge in [0.2, 0.25) is 5.91 Å². The molecule has 0 spiro atoms. The van der Waals surface area contributed by atoms with E-state index in [2.05, 4.69) is 34.1 Å². The molecule has 0 radical (unpaired) electrons. The molecule has 0 unspecified atom stereocenters. The fraction of sp³-hybridized carbons (Fsp3) is 0.500. The summed E-state index contributed by atoms with van der Waals surface area (Å²) in [7, 11) is 0. The van der Waals surface area contributed by atoms with Crippen molar-refractivity contribution in [2.75, 3.05) is 18.4 Å². The Morgan fingerprint density at radius 2 is 2.12 bits per heavy atom. The summed E-state index contributed by atoms with van der Waals surface area (Å²) in [6.07, 6.45) is 6.02. The molecule has 1 saturated heterocycles. The normalized spacial score (nSPS) is 17.4. The highest BCUT2D eigenvalue weighted by molar-refractivity contribution is 5.76. The predicted octanol–water partition coefficient (Wildman–Crippen LogP) is 3.68. The third-order valence-electron chi connectivity index (χ3n) is 4.61. The second-order valence-corrected chi connectivity index (χ2v) is 7.36. The summed E-state index contributed by atoms with van der Waals surface area (Å²) in [6.45, 7) is 7.67. The first-order valence-electron chi connectivity index (χ1n) is 9.32. The van der Waals surface area contributed by atoms with Crippen LogP contribution in [0.1, 0.15) is 50.4 Å². The molecule has 1 aliphatic heterocycles. The number of aryl methyl sites for hydroxylation is 1. The summed E-state index contributed by atoms with van der Waals surface area (Å²) in [5.74, 6) is 2.30. The topological polar surface area (TPSA) is 71.0 Å². The van der Waals surface area contributed by atoms with Crippen LogP contribution < -0.4 is 5.32 Å². The zero-order chi connectivity index (χ0) is 18.5. The van der Waals surface area contributed by atoms with E-state index in [4.69, 9.17) is 0 Å². The first kappa shape index (κ1) is 18.3. The van der Waals surface area contributed by atoms with Gasteiger partial charge in [-0.3, -0.25) is 9.78 Å². The zero-order valence-corrected chi connectivity index (χ0v) is 15.8. The Kier molecular flexibility index (Phi) is 5.81. The summed E-state index contributed by atoms with van der Waals surface area (Å²) in [4.78, 5) is 28.0. The van der Waals surface area contributed by atoms with Crippen LogP contribution in [0.2, 0.25) is 0 Å². The lowest BCUT2D eigenvalue weighted by atomic mass is 9.93. The quantitative estimate of drug-likeness (QED) is 0.888. The van der Waals surface area contributed by atoms with Crippen LogP contribution >= 0.6 is 0 Å². The van der Waals surface area contributed by atoms with Crippen LogP contribution in [-0.4, -0.2) is 38.8 Å². The van der Waals surface area contributed by atoms with E-state index in [9.17, 15) is 4.79 Å². The van der Waals surface area contributed by atoms with Crippen LogP contribution in [0.3, 0.4) is 0 Å². The van der Waals surface area contributed by atoms with Gasteiger partial charge in [0.25, 0.3) is 0 Å². The minimum Gasteiger partial charge on any atom is -0.342 e. The van der Waals surface area contributed by atoms with Gasteiger partial charge in [-0.05, 0) is 37.8 Å². The molecule has 138 valence electrons. The second-order valence-electron chi connectivity index (χ2n) is 7.36. The van der Waals surface area contributed by atoms with Gasteiger partial charge in [0.15, 0.2) is 5.82 Å². The van der Waals surface area contributed by atoms with Gasteiger partial charge < -0.3 is 10.2 Å². The molecule has 1 atom stereocenters. The Balaban J connectivity index is 1.77. The van der Waals surface area contributed by atoms with Gasteiger partial charge in [0, 0.05) is 43.5 Å². The van der Waals surface area contributed by atoms with Crippen molar-refractivity contribution in [2.45, 2.75) is 46.0 Å². The number of anilines is 2. The fourth-order valence-corrected chi connectivity index (χ4v) is 3.38. The summed E-state index contributed by atoms with van der Waals surface area (Å²) < 4.78 is 0. The molecule has 0 bridgehead atoms. The van der Waals surface area contributed by atoms with Gasteiger partial charge in [-0.1, -0.05) is 19.9 Å². The first-order valence-corrected chi connectivity index (χ1v) is 9.32. The SMILES string of the molecule is Cc1cccc(Nc2nccnc2[C@H]2CCCN(C(=O)CC(C)C)C2)n1. The predicted molar refractivity (Wildman–Crippen MR) is 102 cm³/mol. The van der Waals surface area contributed by atoms with Crippen LogP contribution in [0, 0.1) is 12.8 Å². The highest BCUT2D eigenvalue weighted by Gasteiger charge is 2.28. The molecule has 1 N–H and O–H groups in total. The Hall–Kier alpha value is -2.50. The first-order chi connectivity index (χ1) is 12.5. The monoisotopic (exact) mass is 353 g/mol. The van der Waals surface area contributed by atoms with Gasteiger partial charge in [0.05, 0.1) is 5.69 Å². The van der Waals surface area contributed by atoms with E-state index in [0.717, 1.165) is 42.4 Å². The molecule has 1 aliphatic rings. The summed E-state index contributed by atoms with van der Waals surface area (Å²) in [5.41, 5.74) is 1.86. The lowest BCUT2D eigenvalue weighted by molar-refractivity contribution is -0.133. The Bertz CT molecular complexity index is 761. The van der Waals surface area contributed by atoms with Crippen molar-refractivity contribution < 1.29 is 4.79 Å². The number of hydrogen-bond donors (Lipinski definition) is 1. The van der Waals surface area contributed by atoms with E-state index in [1.165, 1.54) is 0 Å². The van der Waals surface area contributed by atoms with Crippen LogP contribution in [0.25, 0.3) is 0 Å². The van der Waals surface area contributed by atoms with Crippen LogP contribution in [0.15, 0.2) is 30.6 Å². The molecule has 3 rings (SSSR count).